The predicted octanol–water partition coefficient (Wildman–Crippen LogP) is 4.11. The van der Waals surface area contributed by atoms with Gasteiger partial charge in [0.25, 0.3) is 0 Å². The molecule has 4 nitrogen and oxygen atoms in total. The minimum atomic E-state index is 0.749. The molecule has 0 aliphatic heterocycles. The third-order valence-corrected chi connectivity index (χ3v) is 3.37. The van der Waals surface area contributed by atoms with Gasteiger partial charge in [0.1, 0.15) is 11.6 Å². The fraction of sp³-hybridized carbons (Fsp3) is 0.294. The van der Waals surface area contributed by atoms with Gasteiger partial charge in [-0.2, -0.15) is 0 Å². The van der Waals surface area contributed by atoms with E-state index in [-0.39, 0.29) is 0 Å². The van der Waals surface area contributed by atoms with Crippen LogP contribution in [-0.2, 0) is 0 Å². The quantitative estimate of drug-likeness (QED) is 0.716. The van der Waals surface area contributed by atoms with Crippen molar-refractivity contribution in [2.24, 2.45) is 0 Å². The lowest BCUT2D eigenvalue weighted by Crippen LogP contribution is -1.96. The largest absolute Gasteiger partial charge is 0.494 e. The Kier molecular flexibility index (Phi) is 3.86. The van der Waals surface area contributed by atoms with Crippen LogP contribution < -0.4 is 4.74 Å². The van der Waals surface area contributed by atoms with E-state index in [2.05, 4.69) is 27.9 Å². The first-order valence-corrected chi connectivity index (χ1v) is 7.32. The van der Waals surface area contributed by atoms with Crippen LogP contribution in [0.3, 0.4) is 0 Å². The third kappa shape index (κ3) is 3.05. The molecule has 0 bridgehead atoms. The molecule has 1 N–H and O–H groups in total. The van der Waals surface area contributed by atoms with Crippen molar-refractivity contribution in [3.05, 3.63) is 42.1 Å². The average Bonchev–Trinajstić information content (AvgIpc) is 2.91. The van der Waals surface area contributed by atoms with Crippen molar-refractivity contribution in [1.29, 1.82) is 0 Å². The topological polar surface area (TPSA) is 50.8 Å². The molecule has 21 heavy (non-hydrogen) atoms. The number of aromatic nitrogens is 3. The van der Waals surface area contributed by atoms with Crippen molar-refractivity contribution < 1.29 is 4.74 Å². The number of nitrogens with zero attached hydrogens (tertiary/aromatic N) is 2. The molecule has 0 amide bonds. The number of fused-ring (bicyclic) bond motifs is 1. The molecule has 0 unspecified atom stereocenters. The fourth-order valence-corrected chi connectivity index (χ4v) is 2.18. The van der Waals surface area contributed by atoms with Crippen LogP contribution in [-0.4, -0.2) is 21.6 Å². The summed E-state index contributed by atoms with van der Waals surface area (Å²) in [6.45, 7) is 4.95. The van der Waals surface area contributed by atoms with Gasteiger partial charge in [-0.3, -0.25) is 0 Å². The second-order valence-electron chi connectivity index (χ2n) is 5.20. The Bertz CT molecular complexity index is 731. The summed E-state index contributed by atoms with van der Waals surface area (Å²) in [4.78, 5) is 12.2. The first-order chi connectivity index (χ1) is 10.3. The number of aromatic amines is 1. The van der Waals surface area contributed by atoms with Crippen LogP contribution in [0.5, 0.6) is 5.75 Å². The van der Waals surface area contributed by atoms with Crippen molar-refractivity contribution in [3.63, 3.8) is 0 Å². The normalized spacial score (nSPS) is 11.0. The standard InChI is InChI=1S/C17H19N3O/c1-3-4-9-21-14-7-5-13(6-8-14)16-19-15-10-12(2)11-18-17(15)20-16/h5-8,10-11H,3-4,9H2,1-2H3,(H,18,19,20). The van der Waals surface area contributed by atoms with Gasteiger partial charge in [-0.25, -0.2) is 9.97 Å². The van der Waals surface area contributed by atoms with Crippen LogP contribution in [0.1, 0.15) is 25.3 Å². The second-order valence-corrected chi connectivity index (χ2v) is 5.20. The molecule has 0 radical (unpaired) electrons. The maximum absolute atomic E-state index is 5.67. The van der Waals surface area contributed by atoms with Crippen LogP contribution in [0.4, 0.5) is 0 Å². The molecule has 0 saturated carbocycles. The monoisotopic (exact) mass is 281 g/mol. The van der Waals surface area contributed by atoms with E-state index in [9.17, 15) is 0 Å². The molecule has 0 aliphatic rings. The van der Waals surface area contributed by atoms with Gasteiger partial charge in [0.05, 0.1) is 12.1 Å². The van der Waals surface area contributed by atoms with Crippen molar-refractivity contribution in [1.82, 2.24) is 15.0 Å². The van der Waals surface area contributed by atoms with Crippen LogP contribution in [0.2, 0.25) is 0 Å². The van der Waals surface area contributed by atoms with Crippen LogP contribution in [0.25, 0.3) is 22.6 Å². The number of nitrogens with one attached hydrogen (secondary N) is 1. The number of imidazole rings is 1. The van der Waals surface area contributed by atoms with Crippen molar-refractivity contribution >= 4 is 11.2 Å². The molecule has 0 atom stereocenters. The first kappa shape index (κ1) is 13.6. The number of aryl methyl sites for hydroxylation is 1. The fourth-order valence-electron chi connectivity index (χ4n) is 2.18. The molecule has 4 heteroatoms. The molecule has 0 fully saturated rings. The summed E-state index contributed by atoms with van der Waals surface area (Å²) in [6, 6.07) is 10.1. The number of H-pyrrole nitrogens is 1. The lowest BCUT2D eigenvalue weighted by atomic mass is 10.2. The molecular weight excluding hydrogens is 262 g/mol. The van der Waals surface area contributed by atoms with Gasteiger partial charge in [0, 0.05) is 11.8 Å². The minimum Gasteiger partial charge on any atom is -0.494 e. The van der Waals surface area contributed by atoms with E-state index in [4.69, 9.17) is 4.74 Å². The van der Waals surface area contributed by atoms with Gasteiger partial charge in [-0.05, 0) is 49.2 Å². The molecule has 108 valence electrons. The Morgan fingerprint density at radius 3 is 2.76 bits per heavy atom. The van der Waals surface area contributed by atoms with E-state index in [1.807, 2.05) is 37.4 Å². The Labute approximate surface area is 124 Å². The number of hydrogen-bond donors (Lipinski definition) is 1. The van der Waals surface area contributed by atoms with Crippen molar-refractivity contribution in [2.75, 3.05) is 6.61 Å². The highest BCUT2D eigenvalue weighted by Gasteiger charge is 2.06. The number of rotatable bonds is 5. The zero-order chi connectivity index (χ0) is 14.7. The van der Waals surface area contributed by atoms with Gasteiger partial charge < -0.3 is 9.72 Å². The SMILES string of the molecule is CCCCOc1ccc(-c2nc3ncc(C)cc3[nH]2)cc1. The summed E-state index contributed by atoms with van der Waals surface area (Å²) < 4.78 is 5.67. The Morgan fingerprint density at radius 2 is 2.00 bits per heavy atom. The maximum Gasteiger partial charge on any atom is 0.178 e. The summed E-state index contributed by atoms with van der Waals surface area (Å²) in [6.07, 6.45) is 4.05. The highest BCUT2D eigenvalue weighted by atomic mass is 16.5. The molecule has 3 rings (SSSR count). The van der Waals surface area contributed by atoms with Gasteiger partial charge in [-0.15, -0.1) is 0 Å². The Balaban J connectivity index is 1.81. The van der Waals surface area contributed by atoms with E-state index >= 15 is 0 Å². The Morgan fingerprint density at radius 1 is 1.19 bits per heavy atom. The van der Waals surface area contributed by atoms with Crippen LogP contribution in [0.15, 0.2) is 36.5 Å². The Hall–Kier alpha value is -2.36. The molecule has 0 spiro atoms. The van der Waals surface area contributed by atoms with Gasteiger partial charge in [0.2, 0.25) is 0 Å². The first-order valence-electron chi connectivity index (χ1n) is 7.32. The summed E-state index contributed by atoms with van der Waals surface area (Å²) >= 11 is 0. The summed E-state index contributed by atoms with van der Waals surface area (Å²) in [7, 11) is 0. The zero-order valence-corrected chi connectivity index (χ0v) is 12.4. The number of benzene rings is 1. The number of unbranched alkanes of at least 4 members (excludes halogenated alkanes) is 1. The van der Waals surface area contributed by atoms with Crippen LogP contribution >= 0.6 is 0 Å². The smallest absolute Gasteiger partial charge is 0.178 e. The summed E-state index contributed by atoms with van der Waals surface area (Å²) in [5, 5.41) is 0. The minimum absolute atomic E-state index is 0.749. The summed E-state index contributed by atoms with van der Waals surface area (Å²) in [5.41, 5.74) is 3.87. The average molecular weight is 281 g/mol. The molecule has 3 aromatic rings. The van der Waals surface area contributed by atoms with E-state index in [1.54, 1.807) is 0 Å². The zero-order valence-electron chi connectivity index (χ0n) is 12.4. The number of pyridine rings is 1. The van der Waals surface area contributed by atoms with E-state index < -0.39 is 0 Å². The lowest BCUT2D eigenvalue weighted by Gasteiger charge is -2.05. The van der Waals surface area contributed by atoms with Gasteiger partial charge in [-0.1, -0.05) is 13.3 Å². The predicted molar refractivity (Wildman–Crippen MR) is 84.5 cm³/mol. The van der Waals surface area contributed by atoms with E-state index in [0.717, 1.165) is 53.3 Å². The molecular formula is C17H19N3O. The van der Waals surface area contributed by atoms with Crippen molar-refractivity contribution in [2.45, 2.75) is 26.7 Å². The van der Waals surface area contributed by atoms with E-state index in [0.29, 0.717) is 0 Å². The third-order valence-electron chi connectivity index (χ3n) is 3.37. The maximum atomic E-state index is 5.67. The molecule has 0 aliphatic carbocycles. The van der Waals surface area contributed by atoms with Gasteiger partial charge >= 0.3 is 0 Å². The number of hydrogen-bond acceptors (Lipinski definition) is 3. The molecule has 2 aromatic heterocycles. The molecule has 1 aromatic carbocycles. The van der Waals surface area contributed by atoms with Crippen LogP contribution in [0, 0.1) is 6.92 Å². The molecule has 0 saturated heterocycles. The highest BCUT2D eigenvalue weighted by molar-refractivity contribution is 5.76. The number of ether oxygens (including phenoxy) is 1. The van der Waals surface area contributed by atoms with Crippen molar-refractivity contribution in [3.8, 4) is 17.1 Å². The summed E-state index contributed by atoms with van der Waals surface area (Å²) in [5.74, 6) is 1.74. The van der Waals surface area contributed by atoms with E-state index in [1.165, 1.54) is 0 Å². The molecule has 2 heterocycles. The second kappa shape index (κ2) is 5.95. The highest BCUT2D eigenvalue weighted by Crippen LogP contribution is 2.22. The lowest BCUT2D eigenvalue weighted by molar-refractivity contribution is 0.309. The van der Waals surface area contributed by atoms with Gasteiger partial charge in [0.15, 0.2) is 5.65 Å².